The van der Waals surface area contributed by atoms with Gasteiger partial charge in [0.15, 0.2) is 0 Å². The van der Waals surface area contributed by atoms with Crippen molar-refractivity contribution < 1.29 is 9.90 Å². The topological polar surface area (TPSA) is 40.5 Å². The van der Waals surface area contributed by atoms with Crippen LogP contribution in [0.5, 0.6) is 0 Å². The highest BCUT2D eigenvalue weighted by Crippen LogP contribution is 2.24. The third-order valence-corrected chi connectivity index (χ3v) is 3.22. The first-order chi connectivity index (χ1) is 7.68. The molecule has 1 N–H and O–H groups in total. The van der Waals surface area contributed by atoms with Gasteiger partial charge in [-0.25, -0.2) is 0 Å². The second-order valence-electron chi connectivity index (χ2n) is 4.00. The van der Waals surface area contributed by atoms with E-state index in [-0.39, 0.29) is 5.91 Å². The number of likely N-dealkylation sites (tertiary alicyclic amines) is 1. The van der Waals surface area contributed by atoms with Crippen molar-refractivity contribution in [2.24, 2.45) is 0 Å². The second-order valence-corrected chi connectivity index (χ2v) is 4.44. The summed E-state index contributed by atoms with van der Waals surface area (Å²) < 4.78 is 0. The van der Waals surface area contributed by atoms with Crippen LogP contribution in [0, 0.1) is 0 Å². The van der Waals surface area contributed by atoms with Gasteiger partial charge in [-0.15, -0.1) is 11.6 Å². The number of hydrogen-bond donors (Lipinski definition) is 1. The molecule has 1 fully saturated rings. The molecular weight excluding hydrogens is 226 g/mol. The number of hydrogen-bond acceptors (Lipinski definition) is 2. The van der Waals surface area contributed by atoms with Crippen molar-refractivity contribution in [1.82, 2.24) is 4.90 Å². The predicted molar refractivity (Wildman–Crippen MR) is 62.2 cm³/mol. The van der Waals surface area contributed by atoms with Crippen LogP contribution < -0.4 is 0 Å². The third kappa shape index (κ3) is 2.36. The standard InChI is InChI=1S/C12H14ClNO2/c13-11(9-4-2-1-3-5-9)12(16)14-7-6-10(15)8-14/h1-5,10-11,15H,6-8H2/t10-,11?/m0/s1. The van der Waals surface area contributed by atoms with E-state index in [9.17, 15) is 9.90 Å². The van der Waals surface area contributed by atoms with Crippen molar-refractivity contribution in [3.05, 3.63) is 35.9 Å². The minimum Gasteiger partial charge on any atom is -0.391 e. The third-order valence-electron chi connectivity index (χ3n) is 2.78. The van der Waals surface area contributed by atoms with E-state index >= 15 is 0 Å². The van der Waals surface area contributed by atoms with Gasteiger partial charge in [0.2, 0.25) is 5.91 Å². The van der Waals surface area contributed by atoms with Gasteiger partial charge in [0, 0.05) is 13.1 Å². The van der Waals surface area contributed by atoms with Gasteiger partial charge in [-0.2, -0.15) is 0 Å². The zero-order valence-electron chi connectivity index (χ0n) is 8.84. The minimum absolute atomic E-state index is 0.121. The molecule has 1 saturated heterocycles. The molecule has 1 aliphatic rings. The van der Waals surface area contributed by atoms with Crippen LogP contribution in [0.1, 0.15) is 17.4 Å². The fraction of sp³-hybridized carbons (Fsp3) is 0.417. The number of aliphatic hydroxyl groups excluding tert-OH is 1. The summed E-state index contributed by atoms with van der Waals surface area (Å²) in [5, 5.41) is 8.72. The molecule has 4 heteroatoms. The van der Waals surface area contributed by atoms with E-state index in [4.69, 9.17) is 11.6 Å². The van der Waals surface area contributed by atoms with Crippen molar-refractivity contribution in [3.8, 4) is 0 Å². The van der Waals surface area contributed by atoms with E-state index in [2.05, 4.69) is 0 Å². The number of amides is 1. The van der Waals surface area contributed by atoms with Gasteiger partial charge in [0.25, 0.3) is 0 Å². The number of aliphatic hydroxyl groups is 1. The van der Waals surface area contributed by atoms with E-state index < -0.39 is 11.5 Å². The number of halogens is 1. The van der Waals surface area contributed by atoms with Crippen molar-refractivity contribution >= 4 is 17.5 Å². The first-order valence-corrected chi connectivity index (χ1v) is 5.78. The van der Waals surface area contributed by atoms with Crippen LogP contribution in [-0.4, -0.2) is 35.1 Å². The maximum atomic E-state index is 12.0. The van der Waals surface area contributed by atoms with Crippen LogP contribution in [0.25, 0.3) is 0 Å². The summed E-state index contributed by atoms with van der Waals surface area (Å²) in [6.07, 6.45) is 0.244. The molecule has 16 heavy (non-hydrogen) atoms. The Bertz CT molecular complexity index is 369. The predicted octanol–water partition coefficient (Wildman–Crippen LogP) is 1.56. The Hall–Kier alpha value is -1.06. The van der Waals surface area contributed by atoms with Gasteiger partial charge >= 0.3 is 0 Å². The molecule has 2 atom stereocenters. The van der Waals surface area contributed by atoms with E-state index in [1.165, 1.54) is 0 Å². The fourth-order valence-corrected chi connectivity index (χ4v) is 2.15. The van der Waals surface area contributed by atoms with Crippen LogP contribution in [-0.2, 0) is 4.79 Å². The molecular formula is C12H14ClNO2. The highest BCUT2D eigenvalue weighted by Gasteiger charge is 2.29. The lowest BCUT2D eigenvalue weighted by Crippen LogP contribution is -2.32. The van der Waals surface area contributed by atoms with E-state index in [1.807, 2.05) is 30.3 Å². The molecule has 2 rings (SSSR count). The van der Waals surface area contributed by atoms with Gasteiger partial charge < -0.3 is 10.0 Å². The number of benzene rings is 1. The average Bonchev–Trinajstić information content (AvgIpc) is 2.75. The second kappa shape index (κ2) is 4.85. The van der Waals surface area contributed by atoms with Gasteiger partial charge in [-0.3, -0.25) is 4.79 Å². The molecule has 1 aromatic rings. The Morgan fingerprint density at radius 1 is 1.44 bits per heavy atom. The summed E-state index contributed by atoms with van der Waals surface area (Å²) in [5.41, 5.74) is 0.801. The molecule has 1 unspecified atom stereocenters. The number of carbonyl (C=O) groups is 1. The van der Waals surface area contributed by atoms with Crippen LogP contribution in [0.15, 0.2) is 30.3 Å². The van der Waals surface area contributed by atoms with E-state index in [0.717, 1.165) is 5.56 Å². The van der Waals surface area contributed by atoms with Gasteiger partial charge in [-0.05, 0) is 12.0 Å². The number of β-amino-alcohol motifs (C(OH)–C–C–N with tert-alkyl or cyclic N) is 1. The van der Waals surface area contributed by atoms with Crippen LogP contribution >= 0.6 is 11.6 Å². The number of alkyl halides is 1. The first kappa shape index (κ1) is 11.4. The Morgan fingerprint density at radius 3 is 2.69 bits per heavy atom. The minimum atomic E-state index is -0.647. The van der Waals surface area contributed by atoms with Crippen molar-refractivity contribution in [1.29, 1.82) is 0 Å². The average molecular weight is 240 g/mol. The molecule has 1 aromatic carbocycles. The summed E-state index contributed by atoms with van der Waals surface area (Å²) in [5.74, 6) is -0.121. The molecule has 0 saturated carbocycles. The zero-order valence-corrected chi connectivity index (χ0v) is 9.60. The molecule has 0 aromatic heterocycles. The maximum absolute atomic E-state index is 12.0. The molecule has 1 aliphatic heterocycles. The van der Waals surface area contributed by atoms with Crippen molar-refractivity contribution in [3.63, 3.8) is 0 Å². The molecule has 86 valence electrons. The van der Waals surface area contributed by atoms with Crippen molar-refractivity contribution in [2.75, 3.05) is 13.1 Å². The van der Waals surface area contributed by atoms with E-state index in [1.54, 1.807) is 4.90 Å². The number of carbonyl (C=O) groups excluding carboxylic acids is 1. The Kier molecular flexibility index (Phi) is 3.46. The van der Waals surface area contributed by atoms with Crippen LogP contribution in [0.4, 0.5) is 0 Å². The summed E-state index contributed by atoms with van der Waals surface area (Å²) >= 11 is 6.11. The molecule has 0 bridgehead atoms. The Labute approximate surface area is 99.6 Å². The molecule has 0 radical (unpaired) electrons. The summed E-state index contributed by atoms with van der Waals surface area (Å²) in [6.45, 7) is 0.991. The largest absolute Gasteiger partial charge is 0.391 e. The zero-order chi connectivity index (χ0) is 11.5. The Morgan fingerprint density at radius 2 is 2.12 bits per heavy atom. The molecule has 1 amide bonds. The summed E-state index contributed by atoms with van der Waals surface area (Å²) in [6, 6.07) is 9.27. The normalized spacial score (nSPS) is 22.1. The summed E-state index contributed by atoms with van der Waals surface area (Å²) in [4.78, 5) is 13.6. The molecule has 0 spiro atoms. The quantitative estimate of drug-likeness (QED) is 0.796. The lowest BCUT2D eigenvalue weighted by Gasteiger charge is -2.19. The van der Waals surface area contributed by atoms with Crippen molar-refractivity contribution in [2.45, 2.75) is 17.9 Å². The van der Waals surface area contributed by atoms with Crippen LogP contribution in [0.2, 0.25) is 0 Å². The van der Waals surface area contributed by atoms with Gasteiger partial charge in [0.05, 0.1) is 6.10 Å². The van der Waals surface area contributed by atoms with E-state index in [0.29, 0.717) is 19.5 Å². The maximum Gasteiger partial charge on any atom is 0.245 e. The molecule has 1 heterocycles. The SMILES string of the molecule is O=C(C(Cl)c1ccccc1)N1CC[C@H](O)C1. The van der Waals surface area contributed by atoms with Crippen LogP contribution in [0.3, 0.4) is 0 Å². The smallest absolute Gasteiger partial charge is 0.245 e. The van der Waals surface area contributed by atoms with Gasteiger partial charge in [0.1, 0.15) is 5.38 Å². The number of rotatable bonds is 2. The summed E-state index contributed by atoms with van der Waals surface area (Å²) in [7, 11) is 0. The number of nitrogens with zero attached hydrogens (tertiary/aromatic N) is 1. The van der Waals surface area contributed by atoms with Gasteiger partial charge in [-0.1, -0.05) is 30.3 Å². The lowest BCUT2D eigenvalue weighted by atomic mass is 10.1. The highest BCUT2D eigenvalue weighted by molar-refractivity contribution is 6.30. The monoisotopic (exact) mass is 239 g/mol. The fourth-order valence-electron chi connectivity index (χ4n) is 1.87. The Balaban J connectivity index is 2.05. The molecule has 3 nitrogen and oxygen atoms in total. The molecule has 0 aliphatic carbocycles. The first-order valence-electron chi connectivity index (χ1n) is 5.34. The lowest BCUT2D eigenvalue weighted by molar-refractivity contribution is -0.130. The highest BCUT2D eigenvalue weighted by atomic mass is 35.5.